The molecule has 4 N–H and O–H groups in total. The van der Waals surface area contributed by atoms with Gasteiger partial charge in [0.15, 0.2) is 5.84 Å². The predicted octanol–water partition coefficient (Wildman–Crippen LogP) is 0.213. The number of ether oxygens (including phenoxy) is 1. The minimum Gasteiger partial charge on any atom is -0.493 e. The van der Waals surface area contributed by atoms with Gasteiger partial charge in [0.2, 0.25) is 0 Å². The Hall–Kier alpha value is -1.80. The molecule has 0 fully saturated rings. The Kier molecular flexibility index (Phi) is 3.91. The number of hydrogen-bond donors (Lipinski definition) is 3. The first-order valence-corrected chi connectivity index (χ1v) is 7.23. The van der Waals surface area contributed by atoms with E-state index in [0.717, 1.165) is 0 Å². The highest BCUT2D eigenvalue weighted by Crippen LogP contribution is 2.30. The molecule has 0 aliphatic carbocycles. The second-order valence-electron chi connectivity index (χ2n) is 4.01. The van der Waals surface area contributed by atoms with Crippen LogP contribution in [0.15, 0.2) is 22.6 Å². The van der Waals surface area contributed by atoms with Gasteiger partial charge in [0, 0.05) is 6.61 Å². The fraction of sp³-hybridized carbons (Fsp3) is 0.364. The number of fused-ring (bicyclic) bond motifs is 1. The van der Waals surface area contributed by atoms with Gasteiger partial charge in [0.1, 0.15) is 5.75 Å². The van der Waals surface area contributed by atoms with E-state index in [1.165, 1.54) is 0 Å². The molecule has 0 aromatic heterocycles. The molecule has 1 heterocycles. The number of rotatable bonds is 5. The van der Waals surface area contributed by atoms with Crippen LogP contribution in [0.3, 0.4) is 0 Å². The van der Waals surface area contributed by atoms with Crippen LogP contribution in [-0.4, -0.2) is 32.6 Å². The third-order valence-corrected chi connectivity index (χ3v) is 3.46. The van der Waals surface area contributed by atoms with Gasteiger partial charge in [-0.25, -0.2) is 0 Å². The number of anilines is 1. The second-order valence-corrected chi connectivity index (χ2v) is 5.35. The Labute approximate surface area is 111 Å². The Bertz CT molecular complexity index is 598. The van der Waals surface area contributed by atoms with Crippen LogP contribution in [-0.2, 0) is 10.2 Å². The molecule has 0 unspecified atom stereocenters. The van der Waals surface area contributed by atoms with Crippen LogP contribution in [0.25, 0.3) is 0 Å². The van der Waals surface area contributed by atoms with Gasteiger partial charge in [-0.1, -0.05) is 6.07 Å². The third kappa shape index (κ3) is 3.15. The molecule has 1 aliphatic heterocycles. The van der Waals surface area contributed by atoms with Gasteiger partial charge >= 0.3 is 10.2 Å². The Morgan fingerprint density at radius 2 is 2.16 bits per heavy atom. The van der Waals surface area contributed by atoms with Crippen molar-refractivity contribution in [3.8, 4) is 5.75 Å². The normalized spacial score (nSPS) is 16.2. The molecule has 0 atom stereocenters. The number of nitrogens with one attached hydrogen (secondary N) is 1. The van der Waals surface area contributed by atoms with Gasteiger partial charge in [0.25, 0.3) is 0 Å². The molecule has 2 rings (SSSR count). The molecule has 1 aliphatic rings. The summed E-state index contributed by atoms with van der Waals surface area (Å²) in [6.45, 7) is 0.525. The molecular weight excluding hydrogens is 270 g/mol. The number of aliphatic hydroxyl groups is 1. The number of nitrogens with two attached hydrogens (primary N) is 1. The van der Waals surface area contributed by atoms with Crippen molar-refractivity contribution in [3.05, 3.63) is 23.8 Å². The molecule has 0 saturated heterocycles. The molecule has 1 aromatic rings. The summed E-state index contributed by atoms with van der Waals surface area (Å²) < 4.78 is 34.0. The zero-order valence-corrected chi connectivity index (χ0v) is 11.0. The van der Waals surface area contributed by atoms with Crippen molar-refractivity contribution in [1.82, 2.24) is 0 Å². The van der Waals surface area contributed by atoms with Crippen molar-refractivity contribution in [3.63, 3.8) is 0 Å². The van der Waals surface area contributed by atoms with Crippen LogP contribution in [0.4, 0.5) is 5.69 Å². The summed E-state index contributed by atoms with van der Waals surface area (Å²) in [4.78, 5) is 0. The number of benzene rings is 1. The molecule has 0 spiro atoms. The van der Waals surface area contributed by atoms with Gasteiger partial charge in [-0.3, -0.25) is 4.72 Å². The second kappa shape index (κ2) is 5.45. The summed E-state index contributed by atoms with van der Waals surface area (Å²) in [5.41, 5.74) is 6.46. The predicted molar refractivity (Wildman–Crippen MR) is 71.5 cm³/mol. The standard InChI is InChI=1S/C11H15N3O4S/c12-11-10-8(13-19(16,17)14-11)4-3-5-9(10)18-7-2-1-6-15/h3-5,13,15H,1-2,6-7H2,(H2,12,14). The molecular formula is C11H15N3O4S. The Balaban J connectivity index is 2.24. The zero-order chi connectivity index (χ0) is 13.9. The van der Waals surface area contributed by atoms with Crippen LogP contribution in [0.1, 0.15) is 18.4 Å². The first kappa shape index (κ1) is 13.6. The van der Waals surface area contributed by atoms with Crippen molar-refractivity contribution < 1.29 is 18.3 Å². The maximum absolute atomic E-state index is 11.4. The lowest BCUT2D eigenvalue weighted by Crippen LogP contribution is -2.27. The molecule has 19 heavy (non-hydrogen) atoms. The van der Waals surface area contributed by atoms with Crippen molar-refractivity contribution in [2.24, 2.45) is 10.1 Å². The van der Waals surface area contributed by atoms with Crippen molar-refractivity contribution in [2.75, 3.05) is 17.9 Å². The van der Waals surface area contributed by atoms with Crippen molar-refractivity contribution in [1.29, 1.82) is 0 Å². The van der Waals surface area contributed by atoms with E-state index >= 15 is 0 Å². The van der Waals surface area contributed by atoms with Crippen molar-refractivity contribution >= 4 is 21.7 Å². The van der Waals surface area contributed by atoms with E-state index in [-0.39, 0.29) is 12.4 Å². The van der Waals surface area contributed by atoms with E-state index < -0.39 is 10.2 Å². The van der Waals surface area contributed by atoms with E-state index in [0.29, 0.717) is 36.4 Å². The third-order valence-electron chi connectivity index (χ3n) is 2.55. The van der Waals surface area contributed by atoms with Crippen molar-refractivity contribution in [2.45, 2.75) is 12.8 Å². The molecule has 0 amide bonds. The molecule has 0 bridgehead atoms. The minimum absolute atomic E-state index is 0.0912. The summed E-state index contributed by atoms with van der Waals surface area (Å²) in [5, 5.41) is 8.68. The summed E-state index contributed by atoms with van der Waals surface area (Å²) in [6.07, 6.45) is 1.34. The quantitative estimate of drug-likeness (QED) is 0.669. The number of aliphatic hydroxyl groups excluding tert-OH is 1. The summed E-state index contributed by atoms with van der Waals surface area (Å²) in [5.74, 6) is 0.380. The molecule has 7 nitrogen and oxygen atoms in total. The number of unbranched alkanes of at least 4 members (excludes halogenated alkanes) is 1. The molecule has 1 aromatic carbocycles. The summed E-state index contributed by atoms with van der Waals surface area (Å²) in [7, 11) is -3.77. The van der Waals surface area contributed by atoms with E-state index in [2.05, 4.69) is 9.12 Å². The topological polar surface area (TPSA) is 114 Å². The maximum Gasteiger partial charge on any atom is 0.344 e. The van der Waals surface area contributed by atoms with Gasteiger partial charge in [0.05, 0.1) is 17.9 Å². The van der Waals surface area contributed by atoms with Crippen LogP contribution in [0.2, 0.25) is 0 Å². The average Bonchev–Trinajstić information content (AvgIpc) is 2.32. The smallest absolute Gasteiger partial charge is 0.344 e. The van der Waals surface area contributed by atoms with E-state index in [1.54, 1.807) is 18.2 Å². The number of hydrogen-bond acceptors (Lipinski definition) is 5. The lowest BCUT2D eigenvalue weighted by Gasteiger charge is -2.18. The van der Waals surface area contributed by atoms with Crippen LogP contribution in [0, 0.1) is 0 Å². The summed E-state index contributed by atoms with van der Waals surface area (Å²) >= 11 is 0. The maximum atomic E-state index is 11.4. The Morgan fingerprint density at radius 3 is 2.89 bits per heavy atom. The zero-order valence-electron chi connectivity index (χ0n) is 10.2. The fourth-order valence-corrected chi connectivity index (χ4v) is 2.58. The largest absolute Gasteiger partial charge is 0.493 e. The van der Waals surface area contributed by atoms with Crippen LogP contribution >= 0.6 is 0 Å². The monoisotopic (exact) mass is 285 g/mol. The van der Waals surface area contributed by atoms with E-state index in [4.69, 9.17) is 15.6 Å². The van der Waals surface area contributed by atoms with Gasteiger partial charge < -0.3 is 15.6 Å². The number of amidine groups is 1. The van der Waals surface area contributed by atoms with Gasteiger partial charge in [-0.05, 0) is 25.0 Å². The SMILES string of the molecule is NC1=NS(=O)(=O)Nc2cccc(OCCCCO)c21. The van der Waals surface area contributed by atoms with Crippen LogP contribution < -0.4 is 15.2 Å². The minimum atomic E-state index is -3.77. The van der Waals surface area contributed by atoms with Gasteiger partial charge in [-0.15, -0.1) is 4.40 Å². The average molecular weight is 285 g/mol. The molecule has 8 heteroatoms. The molecule has 0 radical (unpaired) electrons. The lowest BCUT2D eigenvalue weighted by molar-refractivity contribution is 0.253. The fourth-order valence-electron chi connectivity index (χ4n) is 1.73. The highest BCUT2D eigenvalue weighted by molar-refractivity contribution is 7.91. The highest BCUT2D eigenvalue weighted by Gasteiger charge is 2.24. The van der Waals surface area contributed by atoms with E-state index in [1.807, 2.05) is 0 Å². The lowest BCUT2D eigenvalue weighted by atomic mass is 10.1. The first-order chi connectivity index (χ1) is 9.03. The highest BCUT2D eigenvalue weighted by atomic mass is 32.2. The Morgan fingerprint density at radius 1 is 1.37 bits per heavy atom. The van der Waals surface area contributed by atoms with Crippen LogP contribution in [0.5, 0.6) is 5.75 Å². The number of nitrogens with zero attached hydrogens (tertiary/aromatic N) is 1. The molecule has 104 valence electrons. The van der Waals surface area contributed by atoms with Gasteiger partial charge in [-0.2, -0.15) is 8.42 Å². The summed E-state index contributed by atoms with van der Waals surface area (Å²) in [6, 6.07) is 4.95. The van der Waals surface area contributed by atoms with E-state index in [9.17, 15) is 8.42 Å². The first-order valence-electron chi connectivity index (χ1n) is 5.79. The molecule has 0 saturated carbocycles.